The molecule has 194 valence electrons. The molecule has 2 nitrogen and oxygen atoms in total. The van der Waals surface area contributed by atoms with Gasteiger partial charge in [-0.25, -0.2) is 13.2 Å². The number of aliphatic imine (C=N–C) groups is 1. The van der Waals surface area contributed by atoms with E-state index in [2.05, 4.69) is 37.9 Å². The molecular formula is C30H42F3NO. The van der Waals surface area contributed by atoms with Gasteiger partial charge in [0.2, 0.25) is 0 Å². The molecule has 0 radical (unpaired) electrons. The molecule has 0 saturated heterocycles. The van der Waals surface area contributed by atoms with E-state index in [-0.39, 0.29) is 11.3 Å². The van der Waals surface area contributed by atoms with Gasteiger partial charge in [-0.05, 0) is 50.0 Å². The third kappa shape index (κ3) is 10.8. The van der Waals surface area contributed by atoms with Crippen LogP contribution in [0.25, 0.3) is 0 Å². The molecule has 1 aliphatic carbocycles. The number of hydrogen-bond acceptors (Lipinski definition) is 2. The number of carbonyl (C=O) groups excluding carboxylic acids is 1. The van der Waals surface area contributed by atoms with E-state index in [1.54, 1.807) is 6.92 Å². The quantitative estimate of drug-likeness (QED) is 0.281. The number of halogens is 3. The van der Waals surface area contributed by atoms with Gasteiger partial charge in [-0.2, -0.15) is 0 Å². The van der Waals surface area contributed by atoms with Crippen molar-refractivity contribution in [1.29, 1.82) is 0 Å². The number of rotatable bonds is 7. The predicted octanol–water partition coefficient (Wildman–Crippen LogP) is 9.66. The van der Waals surface area contributed by atoms with Gasteiger partial charge in [0.15, 0.2) is 17.5 Å². The molecule has 0 spiro atoms. The molecule has 1 aliphatic rings. The van der Waals surface area contributed by atoms with Gasteiger partial charge >= 0.3 is 0 Å². The van der Waals surface area contributed by atoms with Crippen molar-refractivity contribution in [2.45, 2.75) is 99.3 Å². The Morgan fingerprint density at radius 1 is 1.06 bits per heavy atom. The van der Waals surface area contributed by atoms with E-state index in [0.29, 0.717) is 24.5 Å². The zero-order chi connectivity index (χ0) is 26.6. The second-order valence-corrected chi connectivity index (χ2v) is 10.2. The topological polar surface area (TPSA) is 29.4 Å². The van der Waals surface area contributed by atoms with E-state index in [4.69, 9.17) is 0 Å². The minimum absolute atomic E-state index is 0.0364. The Balaban J connectivity index is 0.000000287. The van der Waals surface area contributed by atoms with Crippen molar-refractivity contribution >= 4 is 17.2 Å². The smallest absolute Gasteiger partial charge is 0.194 e. The number of hydrogen-bond donors (Lipinski definition) is 0. The number of carbonyl (C=O) groups is 1. The molecular weight excluding hydrogens is 447 g/mol. The largest absolute Gasteiger partial charge is 0.300 e. The number of nitrogens with zero attached hydrogens (tertiary/aromatic N) is 1. The highest BCUT2D eigenvalue weighted by atomic mass is 19.2. The fourth-order valence-electron chi connectivity index (χ4n) is 3.68. The molecule has 0 amide bonds. The first-order valence-electron chi connectivity index (χ1n) is 12.7. The summed E-state index contributed by atoms with van der Waals surface area (Å²) in [6.45, 7) is 13.8. The summed E-state index contributed by atoms with van der Waals surface area (Å²) in [4.78, 5) is 15.3. The van der Waals surface area contributed by atoms with Crippen LogP contribution < -0.4 is 0 Å². The Morgan fingerprint density at radius 3 is 2.09 bits per heavy atom. The highest BCUT2D eigenvalue weighted by molar-refractivity contribution is 5.84. The summed E-state index contributed by atoms with van der Waals surface area (Å²) in [5.74, 6) is -3.11. The van der Waals surface area contributed by atoms with Crippen molar-refractivity contribution in [2.24, 2.45) is 10.4 Å². The second-order valence-electron chi connectivity index (χ2n) is 10.2. The maximum absolute atomic E-state index is 13.2. The molecule has 1 saturated carbocycles. The minimum Gasteiger partial charge on any atom is -0.300 e. The summed E-state index contributed by atoms with van der Waals surface area (Å²) in [7, 11) is 0. The standard InChI is InChI=1S/C12H14F3N.C12H16O.C6H12/c1-4-5-7(2)16-10-6-9(13)12(15)11(14)8(10)3;1-3-12(13)9-10(2)11-7-5-4-6-8-11;1-6(2)4-3-5-6/h6H,4-5H2,1-3H3;4-8,10H,3,9H2,1-2H3;3-5H2,1-2H3. The van der Waals surface area contributed by atoms with Crippen molar-refractivity contribution in [3.05, 3.63) is 65.0 Å². The molecule has 35 heavy (non-hydrogen) atoms. The fourth-order valence-corrected chi connectivity index (χ4v) is 3.68. The third-order valence-corrected chi connectivity index (χ3v) is 6.31. The molecule has 1 atom stereocenters. The maximum atomic E-state index is 13.2. The van der Waals surface area contributed by atoms with Crippen LogP contribution in [0.15, 0.2) is 41.4 Å². The summed E-state index contributed by atoms with van der Waals surface area (Å²) in [6.07, 6.45) is 7.34. The van der Waals surface area contributed by atoms with Crippen LogP contribution in [-0.4, -0.2) is 11.5 Å². The van der Waals surface area contributed by atoms with Crippen LogP contribution >= 0.6 is 0 Å². The van der Waals surface area contributed by atoms with Gasteiger partial charge in [0.1, 0.15) is 5.78 Å². The molecule has 0 N–H and O–H groups in total. The van der Waals surface area contributed by atoms with Crippen molar-refractivity contribution in [1.82, 2.24) is 0 Å². The van der Waals surface area contributed by atoms with Crippen LogP contribution in [0.2, 0.25) is 0 Å². The average molecular weight is 490 g/mol. The second kappa shape index (κ2) is 14.9. The van der Waals surface area contributed by atoms with Crippen LogP contribution in [0.1, 0.15) is 104 Å². The lowest BCUT2D eigenvalue weighted by atomic mass is 9.72. The Bertz CT molecular complexity index is 961. The van der Waals surface area contributed by atoms with Gasteiger partial charge in [-0.15, -0.1) is 0 Å². The molecule has 3 rings (SSSR count). The number of benzene rings is 2. The monoisotopic (exact) mass is 489 g/mol. The highest BCUT2D eigenvalue weighted by Gasteiger charge is 2.25. The summed E-state index contributed by atoms with van der Waals surface area (Å²) >= 11 is 0. The molecule has 0 aliphatic heterocycles. The maximum Gasteiger partial charge on any atom is 0.194 e. The first-order chi connectivity index (χ1) is 16.4. The Morgan fingerprint density at radius 2 is 1.63 bits per heavy atom. The summed E-state index contributed by atoms with van der Waals surface area (Å²) < 4.78 is 39.0. The lowest BCUT2D eigenvalue weighted by Crippen LogP contribution is -2.20. The molecule has 0 bridgehead atoms. The van der Waals surface area contributed by atoms with Gasteiger partial charge in [-0.1, -0.05) is 77.8 Å². The SMILES string of the molecule is CC1(C)CCC1.CCC(=O)CC(C)c1ccccc1.CCCC(C)=Nc1cc(F)c(F)c(F)c1C. The van der Waals surface area contributed by atoms with Crippen molar-refractivity contribution in [3.8, 4) is 0 Å². The third-order valence-electron chi connectivity index (χ3n) is 6.31. The van der Waals surface area contributed by atoms with E-state index in [9.17, 15) is 18.0 Å². The van der Waals surface area contributed by atoms with Crippen LogP contribution in [0, 0.1) is 29.8 Å². The van der Waals surface area contributed by atoms with Crippen molar-refractivity contribution in [3.63, 3.8) is 0 Å². The fraction of sp³-hybridized carbons (Fsp3) is 0.533. The Labute approximate surface area is 210 Å². The van der Waals surface area contributed by atoms with E-state index >= 15 is 0 Å². The van der Waals surface area contributed by atoms with Crippen LogP contribution in [0.3, 0.4) is 0 Å². The van der Waals surface area contributed by atoms with Crippen molar-refractivity contribution < 1.29 is 18.0 Å². The van der Waals surface area contributed by atoms with Gasteiger partial charge in [0.05, 0.1) is 5.69 Å². The van der Waals surface area contributed by atoms with E-state index in [0.717, 1.165) is 30.0 Å². The van der Waals surface area contributed by atoms with Gasteiger partial charge < -0.3 is 0 Å². The predicted molar refractivity (Wildman–Crippen MR) is 141 cm³/mol. The number of Topliss-reactive ketones (excluding diaryl/α,β-unsaturated/α-hetero) is 1. The summed E-state index contributed by atoms with van der Waals surface area (Å²) in [5, 5.41) is 0. The molecule has 0 aromatic heterocycles. The van der Waals surface area contributed by atoms with Crippen LogP contribution in [0.4, 0.5) is 18.9 Å². The molecule has 5 heteroatoms. The zero-order valence-electron chi connectivity index (χ0n) is 22.5. The molecule has 1 unspecified atom stereocenters. The van der Waals surface area contributed by atoms with Gasteiger partial charge in [0, 0.05) is 30.2 Å². The van der Waals surface area contributed by atoms with Crippen molar-refractivity contribution in [2.75, 3.05) is 0 Å². The van der Waals surface area contributed by atoms with Crippen LogP contribution in [-0.2, 0) is 4.79 Å². The first-order valence-corrected chi connectivity index (χ1v) is 12.7. The lowest BCUT2D eigenvalue weighted by Gasteiger charge is -2.33. The van der Waals surface area contributed by atoms with Crippen LogP contribution in [0.5, 0.6) is 0 Å². The van der Waals surface area contributed by atoms with Gasteiger partial charge in [-0.3, -0.25) is 9.79 Å². The van der Waals surface area contributed by atoms with Gasteiger partial charge in [0.25, 0.3) is 0 Å². The Hall–Kier alpha value is -2.43. The summed E-state index contributed by atoms with van der Waals surface area (Å²) in [6, 6.07) is 11.1. The molecule has 2 aromatic carbocycles. The molecule has 0 heterocycles. The Kier molecular flexibility index (Phi) is 13.0. The highest BCUT2D eigenvalue weighted by Crippen LogP contribution is 2.39. The zero-order valence-corrected chi connectivity index (χ0v) is 22.5. The normalized spacial score (nSPS) is 15.1. The lowest BCUT2D eigenvalue weighted by molar-refractivity contribution is -0.119. The molecule has 2 aromatic rings. The van der Waals surface area contributed by atoms with E-state index < -0.39 is 17.5 Å². The average Bonchev–Trinajstić information content (AvgIpc) is 2.81. The number of ketones is 1. The summed E-state index contributed by atoms with van der Waals surface area (Å²) in [5.41, 5.74) is 2.94. The van der Waals surface area contributed by atoms with E-state index in [1.165, 1.54) is 31.7 Å². The first kappa shape index (κ1) is 30.6. The molecule has 1 fully saturated rings. The van der Waals surface area contributed by atoms with E-state index in [1.807, 2.05) is 32.0 Å². The minimum atomic E-state index is -1.44.